The molecule has 0 aliphatic rings. The van der Waals surface area contributed by atoms with Crippen LogP contribution in [0.1, 0.15) is 11.1 Å². The summed E-state index contributed by atoms with van der Waals surface area (Å²) in [6.07, 6.45) is 0.709. The normalized spacial score (nSPS) is 10.2. The maximum Gasteiger partial charge on any atom is 0.317 e. The molecule has 6 heteroatoms. The van der Waals surface area contributed by atoms with Crippen LogP contribution in [-0.2, 0) is 13.0 Å². The lowest BCUT2D eigenvalue weighted by Gasteiger charge is -2.18. The van der Waals surface area contributed by atoms with Crippen LogP contribution in [0.2, 0.25) is 5.02 Å². The second-order valence-corrected chi connectivity index (χ2v) is 6.09. The van der Waals surface area contributed by atoms with Crippen LogP contribution in [0.4, 0.5) is 4.79 Å². The standard InChI is InChI=1S/C19H23ClN2O3/c1-22(13-15-4-7-16(20)8-5-15)19(23)21-11-10-14-6-9-17(24-2)18(12-14)25-3/h4-9,12H,10-11,13H2,1-3H3,(H,21,23). The molecule has 0 atom stereocenters. The Labute approximate surface area is 153 Å². The molecule has 25 heavy (non-hydrogen) atoms. The third-order valence-corrected chi connectivity index (χ3v) is 4.07. The van der Waals surface area contributed by atoms with E-state index in [1.54, 1.807) is 26.2 Å². The van der Waals surface area contributed by atoms with Crippen LogP contribution in [0.3, 0.4) is 0 Å². The average molecular weight is 363 g/mol. The molecule has 0 unspecified atom stereocenters. The summed E-state index contributed by atoms with van der Waals surface area (Å²) < 4.78 is 10.5. The van der Waals surface area contributed by atoms with Crippen molar-refractivity contribution in [2.24, 2.45) is 0 Å². The van der Waals surface area contributed by atoms with Crippen molar-refractivity contribution in [1.29, 1.82) is 0 Å². The van der Waals surface area contributed by atoms with Gasteiger partial charge in [-0.3, -0.25) is 0 Å². The number of hydrogen-bond acceptors (Lipinski definition) is 3. The Morgan fingerprint density at radius 2 is 1.68 bits per heavy atom. The van der Waals surface area contributed by atoms with Crippen LogP contribution < -0.4 is 14.8 Å². The highest BCUT2D eigenvalue weighted by Crippen LogP contribution is 2.27. The number of carbonyl (C=O) groups excluding carboxylic acids is 1. The monoisotopic (exact) mass is 362 g/mol. The number of benzene rings is 2. The highest BCUT2D eigenvalue weighted by Gasteiger charge is 2.09. The van der Waals surface area contributed by atoms with Gasteiger partial charge in [-0.15, -0.1) is 0 Å². The molecule has 5 nitrogen and oxygen atoms in total. The fourth-order valence-corrected chi connectivity index (χ4v) is 2.55. The van der Waals surface area contributed by atoms with Crippen molar-refractivity contribution in [1.82, 2.24) is 10.2 Å². The van der Waals surface area contributed by atoms with Gasteiger partial charge < -0.3 is 19.7 Å². The van der Waals surface area contributed by atoms with Crippen molar-refractivity contribution in [3.63, 3.8) is 0 Å². The molecular weight excluding hydrogens is 340 g/mol. The fourth-order valence-electron chi connectivity index (χ4n) is 2.42. The van der Waals surface area contributed by atoms with E-state index in [4.69, 9.17) is 21.1 Å². The lowest BCUT2D eigenvalue weighted by molar-refractivity contribution is 0.207. The second kappa shape index (κ2) is 9.18. The summed E-state index contributed by atoms with van der Waals surface area (Å²) >= 11 is 5.87. The van der Waals surface area contributed by atoms with Crippen molar-refractivity contribution in [3.05, 3.63) is 58.6 Å². The number of rotatable bonds is 7. The van der Waals surface area contributed by atoms with E-state index in [-0.39, 0.29) is 6.03 Å². The van der Waals surface area contributed by atoms with Gasteiger partial charge >= 0.3 is 6.03 Å². The highest BCUT2D eigenvalue weighted by atomic mass is 35.5. The van der Waals surface area contributed by atoms with Gasteiger partial charge in [-0.2, -0.15) is 0 Å². The van der Waals surface area contributed by atoms with E-state index in [0.29, 0.717) is 36.0 Å². The van der Waals surface area contributed by atoms with E-state index in [2.05, 4.69) is 5.32 Å². The molecule has 0 aromatic heterocycles. The SMILES string of the molecule is COc1ccc(CCNC(=O)N(C)Cc2ccc(Cl)cc2)cc1OC. The van der Waals surface area contributed by atoms with Crippen molar-refractivity contribution >= 4 is 17.6 Å². The maximum absolute atomic E-state index is 12.2. The molecule has 0 fully saturated rings. The summed E-state index contributed by atoms with van der Waals surface area (Å²) in [5, 5.41) is 3.60. The number of halogens is 1. The molecule has 0 spiro atoms. The number of methoxy groups -OCH3 is 2. The Morgan fingerprint density at radius 1 is 1.04 bits per heavy atom. The van der Waals surface area contributed by atoms with Gasteiger partial charge in [-0.05, 0) is 41.8 Å². The molecule has 2 aromatic rings. The predicted octanol–water partition coefficient (Wildman–Crippen LogP) is 3.74. The van der Waals surface area contributed by atoms with Gasteiger partial charge in [0.25, 0.3) is 0 Å². The minimum absolute atomic E-state index is 0.115. The summed E-state index contributed by atoms with van der Waals surface area (Å²) in [6.45, 7) is 1.07. The Morgan fingerprint density at radius 3 is 2.32 bits per heavy atom. The van der Waals surface area contributed by atoms with Crippen LogP contribution in [0.15, 0.2) is 42.5 Å². The van der Waals surface area contributed by atoms with E-state index < -0.39 is 0 Å². The van der Waals surface area contributed by atoms with Gasteiger partial charge in [-0.1, -0.05) is 29.8 Å². The third-order valence-electron chi connectivity index (χ3n) is 3.82. The molecule has 2 amide bonds. The zero-order chi connectivity index (χ0) is 18.2. The predicted molar refractivity (Wildman–Crippen MR) is 99.6 cm³/mol. The van der Waals surface area contributed by atoms with Gasteiger partial charge in [-0.25, -0.2) is 4.79 Å². The Balaban J connectivity index is 1.82. The summed E-state index contributed by atoms with van der Waals surface area (Å²) in [4.78, 5) is 13.8. The number of nitrogens with one attached hydrogen (secondary N) is 1. The van der Waals surface area contributed by atoms with Crippen molar-refractivity contribution in [2.75, 3.05) is 27.8 Å². The summed E-state index contributed by atoms with van der Waals surface area (Å²) in [6, 6.07) is 13.1. The quantitative estimate of drug-likeness (QED) is 0.816. The van der Waals surface area contributed by atoms with Crippen molar-refractivity contribution < 1.29 is 14.3 Å². The lowest BCUT2D eigenvalue weighted by atomic mass is 10.1. The maximum atomic E-state index is 12.2. The molecule has 1 N–H and O–H groups in total. The van der Waals surface area contributed by atoms with E-state index in [0.717, 1.165) is 11.1 Å². The molecule has 0 saturated heterocycles. The van der Waals surface area contributed by atoms with E-state index >= 15 is 0 Å². The molecule has 0 aliphatic heterocycles. The summed E-state index contributed by atoms with van der Waals surface area (Å²) in [5.74, 6) is 1.38. The zero-order valence-corrected chi connectivity index (χ0v) is 15.5. The molecule has 0 bridgehead atoms. The lowest BCUT2D eigenvalue weighted by Crippen LogP contribution is -2.37. The van der Waals surface area contributed by atoms with Gasteiger partial charge in [0.2, 0.25) is 0 Å². The molecule has 0 heterocycles. The third kappa shape index (κ3) is 5.57. The first-order chi connectivity index (χ1) is 12.0. The van der Waals surface area contributed by atoms with Crippen LogP contribution in [0, 0.1) is 0 Å². The van der Waals surface area contributed by atoms with Crippen LogP contribution in [0.5, 0.6) is 11.5 Å². The molecule has 0 aliphatic carbocycles. The number of urea groups is 1. The highest BCUT2D eigenvalue weighted by molar-refractivity contribution is 6.30. The molecule has 0 saturated carbocycles. The fraction of sp³-hybridized carbons (Fsp3) is 0.316. The minimum Gasteiger partial charge on any atom is -0.493 e. The number of nitrogens with zero attached hydrogens (tertiary/aromatic N) is 1. The second-order valence-electron chi connectivity index (χ2n) is 5.65. The summed E-state index contributed by atoms with van der Waals surface area (Å²) in [5.41, 5.74) is 2.10. The molecule has 2 rings (SSSR count). The van der Waals surface area contributed by atoms with Crippen LogP contribution in [0.25, 0.3) is 0 Å². The van der Waals surface area contributed by atoms with Gasteiger partial charge in [0.1, 0.15) is 0 Å². The number of ether oxygens (including phenoxy) is 2. The number of hydrogen-bond donors (Lipinski definition) is 1. The zero-order valence-electron chi connectivity index (χ0n) is 14.7. The van der Waals surface area contributed by atoms with Crippen molar-refractivity contribution in [2.45, 2.75) is 13.0 Å². The van der Waals surface area contributed by atoms with E-state index in [1.165, 1.54) is 0 Å². The Kier molecular flexibility index (Phi) is 6.95. The van der Waals surface area contributed by atoms with E-state index in [9.17, 15) is 4.79 Å². The first-order valence-corrected chi connectivity index (χ1v) is 8.35. The first kappa shape index (κ1) is 18.9. The molecule has 2 aromatic carbocycles. The van der Waals surface area contributed by atoms with E-state index in [1.807, 2.05) is 42.5 Å². The smallest absolute Gasteiger partial charge is 0.317 e. The van der Waals surface area contributed by atoms with Gasteiger partial charge in [0.05, 0.1) is 14.2 Å². The number of carbonyl (C=O) groups is 1. The molecular formula is C19H23ClN2O3. The molecule has 134 valence electrons. The minimum atomic E-state index is -0.115. The molecule has 0 radical (unpaired) electrons. The summed E-state index contributed by atoms with van der Waals surface area (Å²) in [7, 11) is 4.98. The van der Waals surface area contributed by atoms with Crippen LogP contribution in [-0.4, -0.2) is 38.7 Å². The number of amides is 2. The first-order valence-electron chi connectivity index (χ1n) is 7.97. The largest absolute Gasteiger partial charge is 0.493 e. The van der Waals surface area contributed by atoms with Crippen molar-refractivity contribution in [3.8, 4) is 11.5 Å². The Hall–Kier alpha value is -2.40. The topological polar surface area (TPSA) is 50.8 Å². The van der Waals surface area contributed by atoms with Crippen LogP contribution >= 0.6 is 11.6 Å². The Bertz CT molecular complexity index is 704. The van der Waals surface area contributed by atoms with Gasteiger partial charge in [0, 0.05) is 25.2 Å². The average Bonchev–Trinajstić information content (AvgIpc) is 2.63. The van der Waals surface area contributed by atoms with Gasteiger partial charge in [0.15, 0.2) is 11.5 Å².